The Morgan fingerprint density at radius 2 is 1.77 bits per heavy atom. The normalized spacial score (nSPS) is 26.5. The largest absolute Gasteiger partial charge is 0.508 e. The summed E-state index contributed by atoms with van der Waals surface area (Å²) in [6.45, 7) is 1.07. The van der Waals surface area contributed by atoms with Crippen LogP contribution in [0, 0.1) is 18.6 Å². The molecule has 0 aliphatic carbocycles. The van der Waals surface area contributed by atoms with E-state index < -0.39 is 48.9 Å². The molecule has 3 aromatic rings. The summed E-state index contributed by atoms with van der Waals surface area (Å²) >= 11 is 0.992. The first-order valence-electron chi connectivity index (χ1n) is 9.49. The number of aryl methyl sites for hydroxylation is 1. The fourth-order valence-corrected chi connectivity index (χ4v) is 4.77. The molecule has 1 aliphatic heterocycles. The SMILES string of the molecule is Cc1cc(F)cc2c(Sc3ccc(O)cc3F)cn([C@@H]3O[C@H](CO)[C@@H](O)[C@H](O)[C@H]3O)c12. The lowest BCUT2D eigenvalue weighted by atomic mass is 9.98. The van der Waals surface area contributed by atoms with Crippen LogP contribution in [0.2, 0.25) is 0 Å². The van der Waals surface area contributed by atoms with Crippen LogP contribution in [0.3, 0.4) is 0 Å². The van der Waals surface area contributed by atoms with Crippen molar-refractivity contribution in [3.05, 3.63) is 53.7 Å². The summed E-state index contributed by atoms with van der Waals surface area (Å²) in [5, 5.41) is 50.1. The molecular weight excluding hydrogens is 432 g/mol. The fourth-order valence-electron chi connectivity index (χ4n) is 3.81. The number of phenols is 1. The van der Waals surface area contributed by atoms with Crippen LogP contribution in [0.4, 0.5) is 8.78 Å². The fraction of sp³-hybridized carbons (Fsp3) is 0.333. The zero-order valence-corrected chi connectivity index (χ0v) is 17.1. The van der Waals surface area contributed by atoms with Crippen molar-refractivity contribution in [3.8, 4) is 5.75 Å². The summed E-state index contributed by atoms with van der Waals surface area (Å²) in [4.78, 5) is 0.631. The van der Waals surface area contributed by atoms with Crippen molar-refractivity contribution < 1.29 is 39.1 Å². The number of hydrogen-bond donors (Lipinski definition) is 5. The van der Waals surface area contributed by atoms with Gasteiger partial charge < -0.3 is 34.8 Å². The molecule has 7 nitrogen and oxygen atoms in total. The van der Waals surface area contributed by atoms with Gasteiger partial charge in [-0.05, 0) is 36.8 Å². The molecule has 166 valence electrons. The van der Waals surface area contributed by atoms with Gasteiger partial charge in [-0.25, -0.2) is 8.78 Å². The minimum atomic E-state index is -1.58. The van der Waals surface area contributed by atoms with Crippen molar-refractivity contribution in [1.82, 2.24) is 4.57 Å². The molecule has 0 unspecified atom stereocenters. The molecule has 1 aromatic heterocycles. The highest BCUT2D eigenvalue weighted by atomic mass is 32.2. The quantitative estimate of drug-likeness (QED) is 0.411. The summed E-state index contributed by atoms with van der Waals surface area (Å²) in [6, 6.07) is 6.24. The van der Waals surface area contributed by atoms with Gasteiger partial charge in [0.2, 0.25) is 0 Å². The molecule has 0 bridgehead atoms. The first-order chi connectivity index (χ1) is 14.7. The first kappa shape index (κ1) is 22.0. The van der Waals surface area contributed by atoms with Crippen LogP contribution in [-0.2, 0) is 4.74 Å². The molecule has 0 amide bonds. The Bertz CT molecular complexity index is 1120. The number of phenolic OH excluding ortho intramolecular Hbond substituents is 1. The van der Waals surface area contributed by atoms with Gasteiger partial charge in [0, 0.05) is 27.4 Å². The van der Waals surface area contributed by atoms with Crippen molar-refractivity contribution in [1.29, 1.82) is 0 Å². The molecule has 5 N–H and O–H groups in total. The minimum absolute atomic E-state index is 0.188. The molecule has 31 heavy (non-hydrogen) atoms. The van der Waals surface area contributed by atoms with Crippen LogP contribution in [0.25, 0.3) is 10.9 Å². The van der Waals surface area contributed by atoms with Crippen molar-refractivity contribution in [3.63, 3.8) is 0 Å². The van der Waals surface area contributed by atoms with Crippen LogP contribution < -0.4 is 0 Å². The second-order valence-corrected chi connectivity index (χ2v) is 8.54. The highest BCUT2D eigenvalue weighted by molar-refractivity contribution is 7.99. The molecule has 0 radical (unpaired) electrons. The van der Waals surface area contributed by atoms with Gasteiger partial charge in [-0.1, -0.05) is 11.8 Å². The number of aromatic nitrogens is 1. The number of ether oxygens (including phenoxy) is 1. The van der Waals surface area contributed by atoms with Crippen LogP contribution in [0.1, 0.15) is 11.8 Å². The highest BCUT2D eigenvalue weighted by Gasteiger charge is 2.44. The number of benzene rings is 2. The molecule has 2 heterocycles. The Labute approximate surface area is 180 Å². The Morgan fingerprint density at radius 1 is 1.03 bits per heavy atom. The monoisotopic (exact) mass is 453 g/mol. The maximum atomic E-state index is 14.3. The van der Waals surface area contributed by atoms with Crippen molar-refractivity contribution in [2.75, 3.05) is 6.61 Å². The van der Waals surface area contributed by atoms with E-state index in [0.717, 1.165) is 17.8 Å². The summed E-state index contributed by atoms with van der Waals surface area (Å²) in [7, 11) is 0. The van der Waals surface area contributed by atoms with E-state index >= 15 is 0 Å². The topological polar surface area (TPSA) is 115 Å². The molecule has 2 aromatic carbocycles. The van der Waals surface area contributed by atoms with Gasteiger partial charge >= 0.3 is 0 Å². The number of aliphatic hydroxyl groups is 4. The van der Waals surface area contributed by atoms with Gasteiger partial charge in [-0.15, -0.1) is 0 Å². The van der Waals surface area contributed by atoms with E-state index in [4.69, 9.17) is 4.74 Å². The number of fused-ring (bicyclic) bond motifs is 1. The number of aliphatic hydroxyl groups excluding tert-OH is 4. The smallest absolute Gasteiger partial charge is 0.163 e. The average Bonchev–Trinajstić information content (AvgIpc) is 3.07. The van der Waals surface area contributed by atoms with E-state index in [0.29, 0.717) is 21.4 Å². The zero-order valence-electron chi connectivity index (χ0n) is 16.3. The Hall–Kier alpha value is -2.21. The van der Waals surface area contributed by atoms with Crippen molar-refractivity contribution >= 4 is 22.7 Å². The average molecular weight is 453 g/mol. The summed E-state index contributed by atoms with van der Waals surface area (Å²) in [5.74, 6) is -1.40. The van der Waals surface area contributed by atoms with Gasteiger partial charge in [-0.3, -0.25) is 0 Å². The third-order valence-corrected chi connectivity index (χ3v) is 6.42. The lowest BCUT2D eigenvalue weighted by Crippen LogP contribution is -2.56. The third-order valence-electron chi connectivity index (χ3n) is 5.32. The van der Waals surface area contributed by atoms with Crippen LogP contribution >= 0.6 is 11.8 Å². The minimum Gasteiger partial charge on any atom is -0.508 e. The summed E-state index contributed by atoms with van der Waals surface area (Å²) in [5.41, 5.74) is 0.984. The third kappa shape index (κ3) is 3.91. The Morgan fingerprint density at radius 3 is 2.45 bits per heavy atom. The number of nitrogens with zero attached hydrogens (tertiary/aromatic N) is 1. The van der Waals surface area contributed by atoms with Gasteiger partial charge in [-0.2, -0.15) is 0 Å². The predicted octanol–water partition coefficient (Wildman–Crippen LogP) is 2.06. The number of rotatable bonds is 4. The van der Waals surface area contributed by atoms with Gasteiger partial charge in [0.1, 0.15) is 41.8 Å². The number of halogens is 2. The number of hydrogen-bond acceptors (Lipinski definition) is 7. The van der Waals surface area contributed by atoms with Crippen LogP contribution in [0.5, 0.6) is 5.75 Å². The number of aromatic hydroxyl groups is 1. The van der Waals surface area contributed by atoms with Crippen molar-refractivity contribution in [2.45, 2.75) is 47.4 Å². The lowest BCUT2D eigenvalue weighted by Gasteiger charge is -2.40. The Balaban J connectivity index is 1.84. The maximum absolute atomic E-state index is 14.3. The van der Waals surface area contributed by atoms with E-state index in [1.165, 1.54) is 35.0 Å². The molecule has 0 spiro atoms. The lowest BCUT2D eigenvalue weighted by molar-refractivity contribution is -0.250. The van der Waals surface area contributed by atoms with E-state index in [1.54, 1.807) is 6.92 Å². The second kappa shape index (κ2) is 8.38. The van der Waals surface area contributed by atoms with E-state index in [9.17, 15) is 34.3 Å². The van der Waals surface area contributed by atoms with Gasteiger partial charge in [0.15, 0.2) is 6.23 Å². The molecule has 10 heteroatoms. The molecule has 1 saturated heterocycles. The van der Waals surface area contributed by atoms with Gasteiger partial charge in [0.05, 0.1) is 12.1 Å². The molecule has 5 atom stereocenters. The first-order valence-corrected chi connectivity index (χ1v) is 10.3. The molecule has 0 saturated carbocycles. The van der Waals surface area contributed by atoms with Crippen LogP contribution in [0.15, 0.2) is 46.3 Å². The summed E-state index contributed by atoms with van der Waals surface area (Å²) in [6.07, 6.45) is -5.42. The highest BCUT2D eigenvalue weighted by Crippen LogP contribution is 2.41. The summed E-state index contributed by atoms with van der Waals surface area (Å²) < 4.78 is 35.6. The van der Waals surface area contributed by atoms with E-state index in [2.05, 4.69) is 0 Å². The molecule has 1 fully saturated rings. The Kier molecular flexibility index (Phi) is 5.95. The second-order valence-electron chi connectivity index (χ2n) is 7.46. The van der Waals surface area contributed by atoms with E-state index in [-0.39, 0.29) is 10.6 Å². The maximum Gasteiger partial charge on any atom is 0.163 e. The predicted molar refractivity (Wildman–Crippen MR) is 108 cm³/mol. The standard InChI is InChI=1S/C21H21F2NO6S/c1-9-4-10(22)5-12-16(31-15-3-2-11(26)6-13(15)23)7-24(17(9)12)21-20(29)19(28)18(27)14(8-25)30-21/h2-7,14,18-21,25-29H,8H2,1H3/t14-,18-,19+,20-,21-/m1/s1. The van der Waals surface area contributed by atoms with E-state index in [1.807, 2.05) is 0 Å². The molecule has 4 rings (SSSR count). The van der Waals surface area contributed by atoms with Crippen LogP contribution in [-0.4, -0.2) is 61.1 Å². The molecular formula is C21H21F2NO6S. The van der Waals surface area contributed by atoms with Crippen molar-refractivity contribution in [2.24, 2.45) is 0 Å². The molecule has 1 aliphatic rings. The zero-order chi connectivity index (χ0) is 22.4. The van der Waals surface area contributed by atoms with Gasteiger partial charge in [0.25, 0.3) is 0 Å².